The lowest BCUT2D eigenvalue weighted by atomic mass is 10.1. The van der Waals surface area contributed by atoms with Crippen LogP contribution in [0.5, 0.6) is 0 Å². The fourth-order valence-electron chi connectivity index (χ4n) is 1.78. The second kappa shape index (κ2) is 6.90. The molecule has 0 bridgehead atoms. The van der Waals surface area contributed by atoms with E-state index in [1.807, 2.05) is 6.07 Å². The molecule has 2 aromatic carbocycles. The average Bonchev–Trinajstić information content (AvgIpc) is 2.53. The van der Waals surface area contributed by atoms with E-state index in [0.29, 0.717) is 16.1 Å². The number of halogens is 1. The van der Waals surface area contributed by atoms with Crippen LogP contribution in [0, 0.1) is 11.3 Å². The van der Waals surface area contributed by atoms with Crippen LogP contribution < -0.4 is 4.72 Å². The SMILES string of the molecule is N#Cc1ccc(S(=O)(=O)NCC(O)c2ccc(Cl)cc2)cc1. The summed E-state index contributed by atoms with van der Waals surface area (Å²) in [6, 6.07) is 13.9. The maximum absolute atomic E-state index is 12.1. The standard InChI is InChI=1S/C15H13ClN2O3S/c16-13-5-3-12(4-6-13)15(19)10-18-22(20,21)14-7-1-11(9-17)2-8-14/h1-8,15,18-19H,10H2. The van der Waals surface area contributed by atoms with Crippen molar-refractivity contribution < 1.29 is 13.5 Å². The van der Waals surface area contributed by atoms with Crippen LogP contribution in [0.1, 0.15) is 17.2 Å². The van der Waals surface area contributed by atoms with Crippen molar-refractivity contribution in [2.24, 2.45) is 0 Å². The molecule has 0 amide bonds. The zero-order chi connectivity index (χ0) is 16.2. The lowest BCUT2D eigenvalue weighted by Gasteiger charge is -2.13. The lowest BCUT2D eigenvalue weighted by molar-refractivity contribution is 0.182. The third kappa shape index (κ3) is 4.06. The van der Waals surface area contributed by atoms with Crippen LogP contribution in [0.2, 0.25) is 5.02 Å². The largest absolute Gasteiger partial charge is 0.387 e. The molecule has 0 heterocycles. The molecule has 2 aromatic rings. The predicted molar refractivity (Wildman–Crippen MR) is 82.8 cm³/mol. The van der Waals surface area contributed by atoms with Gasteiger partial charge in [-0.3, -0.25) is 0 Å². The summed E-state index contributed by atoms with van der Waals surface area (Å²) in [5.74, 6) is 0. The Hall–Kier alpha value is -1.91. The van der Waals surface area contributed by atoms with Crippen molar-refractivity contribution in [1.29, 1.82) is 5.26 Å². The van der Waals surface area contributed by atoms with E-state index in [-0.39, 0.29) is 11.4 Å². The highest BCUT2D eigenvalue weighted by Crippen LogP contribution is 2.17. The van der Waals surface area contributed by atoms with Crippen molar-refractivity contribution in [1.82, 2.24) is 4.72 Å². The highest BCUT2D eigenvalue weighted by molar-refractivity contribution is 7.89. The van der Waals surface area contributed by atoms with Crippen LogP contribution in [0.25, 0.3) is 0 Å². The van der Waals surface area contributed by atoms with Gasteiger partial charge in [0.25, 0.3) is 0 Å². The number of aliphatic hydroxyl groups excluding tert-OH is 1. The fraction of sp³-hybridized carbons (Fsp3) is 0.133. The number of hydrogen-bond acceptors (Lipinski definition) is 4. The average molecular weight is 337 g/mol. The van der Waals surface area contributed by atoms with Gasteiger partial charge in [0.05, 0.1) is 22.6 Å². The van der Waals surface area contributed by atoms with Gasteiger partial charge in [0, 0.05) is 11.6 Å². The first-order chi connectivity index (χ1) is 10.4. The molecule has 2 rings (SSSR count). The van der Waals surface area contributed by atoms with Gasteiger partial charge in [-0.2, -0.15) is 5.26 Å². The summed E-state index contributed by atoms with van der Waals surface area (Å²) in [4.78, 5) is 0.0369. The highest BCUT2D eigenvalue weighted by atomic mass is 35.5. The van der Waals surface area contributed by atoms with Gasteiger partial charge in [-0.1, -0.05) is 23.7 Å². The van der Waals surface area contributed by atoms with Crippen LogP contribution in [-0.4, -0.2) is 20.1 Å². The van der Waals surface area contributed by atoms with Crippen LogP contribution >= 0.6 is 11.6 Å². The van der Waals surface area contributed by atoms with E-state index in [2.05, 4.69) is 4.72 Å². The molecule has 0 saturated carbocycles. The molecule has 0 aliphatic heterocycles. The fourth-order valence-corrected chi connectivity index (χ4v) is 2.95. The van der Waals surface area contributed by atoms with Gasteiger partial charge in [-0.05, 0) is 42.0 Å². The Labute approximate surface area is 133 Å². The molecule has 7 heteroatoms. The topological polar surface area (TPSA) is 90.2 Å². The summed E-state index contributed by atoms with van der Waals surface area (Å²) in [6.07, 6.45) is -0.981. The zero-order valence-electron chi connectivity index (χ0n) is 11.4. The second-order valence-corrected chi connectivity index (χ2v) is 6.76. The van der Waals surface area contributed by atoms with Crippen LogP contribution in [0.15, 0.2) is 53.4 Å². The minimum atomic E-state index is -3.74. The molecule has 0 aliphatic carbocycles. The Bertz CT molecular complexity index is 781. The lowest BCUT2D eigenvalue weighted by Crippen LogP contribution is -2.28. The highest BCUT2D eigenvalue weighted by Gasteiger charge is 2.16. The third-order valence-electron chi connectivity index (χ3n) is 3.02. The Balaban J connectivity index is 2.05. The summed E-state index contributed by atoms with van der Waals surface area (Å²) in [6.45, 7) is -0.163. The van der Waals surface area contributed by atoms with E-state index in [9.17, 15) is 13.5 Å². The number of rotatable bonds is 5. The summed E-state index contributed by atoms with van der Waals surface area (Å²) in [5.41, 5.74) is 0.937. The molecule has 0 radical (unpaired) electrons. The number of sulfonamides is 1. The minimum absolute atomic E-state index is 0.0369. The molecule has 22 heavy (non-hydrogen) atoms. The van der Waals surface area contributed by atoms with Gasteiger partial charge < -0.3 is 5.11 Å². The number of nitrogens with zero attached hydrogens (tertiary/aromatic N) is 1. The van der Waals surface area contributed by atoms with Gasteiger partial charge in [-0.25, -0.2) is 13.1 Å². The maximum Gasteiger partial charge on any atom is 0.240 e. The van der Waals surface area contributed by atoms with Crippen LogP contribution in [0.3, 0.4) is 0 Å². The Morgan fingerprint density at radius 3 is 2.27 bits per heavy atom. The van der Waals surface area contributed by atoms with E-state index in [0.717, 1.165) is 0 Å². The van der Waals surface area contributed by atoms with E-state index in [4.69, 9.17) is 16.9 Å². The number of hydrogen-bond donors (Lipinski definition) is 2. The molecular formula is C15H13ClN2O3S. The smallest absolute Gasteiger partial charge is 0.240 e. The number of aliphatic hydroxyl groups is 1. The first kappa shape index (κ1) is 16.5. The number of benzene rings is 2. The van der Waals surface area contributed by atoms with Crippen molar-refractivity contribution in [2.45, 2.75) is 11.0 Å². The van der Waals surface area contributed by atoms with Gasteiger partial charge in [0.2, 0.25) is 10.0 Å². The van der Waals surface area contributed by atoms with E-state index >= 15 is 0 Å². The number of nitrogens with one attached hydrogen (secondary N) is 1. The predicted octanol–water partition coefficient (Wildman–Crippen LogP) is 2.22. The molecular weight excluding hydrogens is 324 g/mol. The third-order valence-corrected chi connectivity index (χ3v) is 4.71. The molecule has 0 fully saturated rings. The molecule has 0 saturated heterocycles. The molecule has 2 N–H and O–H groups in total. The Morgan fingerprint density at radius 1 is 1.14 bits per heavy atom. The van der Waals surface area contributed by atoms with Crippen molar-refractivity contribution in [3.05, 3.63) is 64.7 Å². The normalized spacial score (nSPS) is 12.6. The maximum atomic E-state index is 12.1. The molecule has 0 aliphatic rings. The molecule has 1 atom stereocenters. The Kier molecular flexibility index (Phi) is 5.16. The summed E-state index contributed by atoms with van der Waals surface area (Å²) < 4.78 is 26.5. The monoisotopic (exact) mass is 336 g/mol. The minimum Gasteiger partial charge on any atom is -0.387 e. The quantitative estimate of drug-likeness (QED) is 0.876. The summed E-state index contributed by atoms with van der Waals surface area (Å²) in [7, 11) is -3.74. The van der Waals surface area contributed by atoms with E-state index < -0.39 is 16.1 Å². The second-order valence-electron chi connectivity index (χ2n) is 4.56. The molecule has 0 spiro atoms. The van der Waals surface area contributed by atoms with Crippen molar-refractivity contribution >= 4 is 21.6 Å². The van der Waals surface area contributed by atoms with Crippen molar-refractivity contribution in [3.63, 3.8) is 0 Å². The van der Waals surface area contributed by atoms with Crippen LogP contribution in [0.4, 0.5) is 0 Å². The molecule has 0 aromatic heterocycles. The van der Waals surface area contributed by atoms with Crippen molar-refractivity contribution in [3.8, 4) is 6.07 Å². The summed E-state index contributed by atoms with van der Waals surface area (Å²) in [5, 5.41) is 19.2. The van der Waals surface area contributed by atoms with Gasteiger partial charge in [0.1, 0.15) is 0 Å². The molecule has 1 unspecified atom stereocenters. The molecule has 5 nitrogen and oxygen atoms in total. The zero-order valence-corrected chi connectivity index (χ0v) is 13.0. The summed E-state index contributed by atoms with van der Waals surface area (Å²) >= 11 is 5.75. The van der Waals surface area contributed by atoms with E-state index in [1.165, 1.54) is 24.3 Å². The van der Waals surface area contributed by atoms with Gasteiger partial charge in [0.15, 0.2) is 0 Å². The first-order valence-corrected chi connectivity index (χ1v) is 8.22. The molecule has 114 valence electrons. The van der Waals surface area contributed by atoms with Gasteiger partial charge >= 0.3 is 0 Å². The van der Waals surface area contributed by atoms with E-state index in [1.54, 1.807) is 24.3 Å². The number of nitriles is 1. The van der Waals surface area contributed by atoms with Crippen LogP contribution in [-0.2, 0) is 10.0 Å². The Morgan fingerprint density at radius 2 is 1.73 bits per heavy atom. The van der Waals surface area contributed by atoms with Gasteiger partial charge in [-0.15, -0.1) is 0 Å². The first-order valence-electron chi connectivity index (χ1n) is 6.36. The van der Waals surface area contributed by atoms with Crippen molar-refractivity contribution in [2.75, 3.05) is 6.54 Å².